The minimum Gasteiger partial charge on any atom is -0.311 e. The van der Waals surface area contributed by atoms with Gasteiger partial charge >= 0.3 is 12.4 Å². The molecule has 2 nitrogen and oxygen atoms in total. The molecule has 2 unspecified atom stereocenters. The molecule has 1 N–H and O–H groups in total. The van der Waals surface area contributed by atoms with Crippen LogP contribution >= 0.6 is 11.8 Å². The van der Waals surface area contributed by atoms with Gasteiger partial charge in [-0.05, 0) is 62.8 Å². The fourth-order valence-electron chi connectivity index (χ4n) is 5.10. The highest BCUT2D eigenvalue weighted by molar-refractivity contribution is 7.98. The fraction of sp³-hybridized carbons (Fsp3) is 0.696. The average molecular weight is 482 g/mol. The number of hydrogen-bond acceptors (Lipinski definition) is 3. The zero-order valence-electron chi connectivity index (χ0n) is 18.0. The van der Waals surface area contributed by atoms with Crippen LogP contribution in [0, 0.1) is 5.92 Å². The first-order chi connectivity index (χ1) is 15.0. The maximum Gasteiger partial charge on any atom is 0.417 e. The number of Topliss-reactive ketones (excluding diaryl/α,β-unsaturated/α-hetero) is 1. The summed E-state index contributed by atoms with van der Waals surface area (Å²) in [6.07, 6.45) is 0.480. The molecule has 0 radical (unpaired) electrons. The summed E-state index contributed by atoms with van der Waals surface area (Å²) in [5.74, 6) is -0.355. The van der Waals surface area contributed by atoms with E-state index in [1.807, 2.05) is 0 Å². The first-order valence-corrected chi connectivity index (χ1v) is 12.4. The Labute approximate surface area is 188 Å². The lowest BCUT2D eigenvalue weighted by Crippen LogP contribution is -2.39. The van der Waals surface area contributed by atoms with E-state index in [-0.39, 0.29) is 17.4 Å². The molecule has 32 heavy (non-hydrogen) atoms. The molecule has 9 heteroatoms. The Bertz CT molecular complexity index is 801. The number of thioether (sulfide) groups is 1. The largest absolute Gasteiger partial charge is 0.417 e. The highest BCUT2D eigenvalue weighted by Gasteiger charge is 2.41. The van der Waals surface area contributed by atoms with Crippen molar-refractivity contribution in [3.63, 3.8) is 0 Å². The Morgan fingerprint density at radius 3 is 2.28 bits per heavy atom. The number of nitrogens with one attached hydrogen (secondary N) is 1. The average Bonchev–Trinajstić information content (AvgIpc) is 3.38. The van der Waals surface area contributed by atoms with Gasteiger partial charge in [0.25, 0.3) is 0 Å². The SMILES string of the molecule is CSc1cc(C(F)(F)F)cc(C(F)(F)F)c1C(=O)CCCC1CCCC1NC1CCCC1. The van der Waals surface area contributed by atoms with E-state index < -0.39 is 34.8 Å². The molecule has 0 aliphatic heterocycles. The maximum atomic E-state index is 13.6. The lowest BCUT2D eigenvalue weighted by Gasteiger charge is -2.25. The van der Waals surface area contributed by atoms with E-state index in [0.29, 0.717) is 30.5 Å². The third kappa shape index (κ3) is 6.22. The lowest BCUT2D eigenvalue weighted by molar-refractivity contribution is -0.143. The van der Waals surface area contributed by atoms with Crippen molar-refractivity contribution in [2.75, 3.05) is 6.26 Å². The van der Waals surface area contributed by atoms with E-state index in [2.05, 4.69) is 5.32 Å². The number of carbonyl (C=O) groups excluding carboxylic acids is 1. The molecular formula is C23H29F6NOS. The van der Waals surface area contributed by atoms with Crippen LogP contribution < -0.4 is 5.32 Å². The van der Waals surface area contributed by atoms with E-state index in [1.165, 1.54) is 31.9 Å². The Morgan fingerprint density at radius 2 is 1.69 bits per heavy atom. The predicted octanol–water partition coefficient (Wildman–Crippen LogP) is 7.50. The molecule has 2 aliphatic carbocycles. The molecule has 0 saturated heterocycles. The molecule has 2 fully saturated rings. The van der Waals surface area contributed by atoms with Gasteiger partial charge in [-0.1, -0.05) is 19.3 Å². The van der Waals surface area contributed by atoms with Crippen molar-refractivity contribution in [2.24, 2.45) is 5.92 Å². The van der Waals surface area contributed by atoms with Gasteiger partial charge in [0.1, 0.15) is 0 Å². The van der Waals surface area contributed by atoms with Gasteiger partial charge in [-0.25, -0.2) is 0 Å². The molecule has 0 aromatic heterocycles. The second-order valence-electron chi connectivity index (χ2n) is 8.86. The first-order valence-electron chi connectivity index (χ1n) is 11.2. The molecule has 1 aromatic rings. The molecule has 0 spiro atoms. The first kappa shape index (κ1) is 25.4. The van der Waals surface area contributed by atoms with Crippen LogP contribution in [0.4, 0.5) is 26.3 Å². The van der Waals surface area contributed by atoms with E-state index in [4.69, 9.17) is 0 Å². The van der Waals surface area contributed by atoms with Gasteiger partial charge < -0.3 is 5.32 Å². The van der Waals surface area contributed by atoms with Crippen molar-refractivity contribution in [3.05, 3.63) is 28.8 Å². The molecule has 0 amide bonds. The highest BCUT2D eigenvalue weighted by Crippen LogP contribution is 2.42. The summed E-state index contributed by atoms with van der Waals surface area (Å²) in [5, 5.41) is 3.72. The summed E-state index contributed by atoms with van der Waals surface area (Å²) in [6.45, 7) is 0. The number of hydrogen-bond donors (Lipinski definition) is 1. The third-order valence-corrected chi connectivity index (χ3v) is 7.44. The van der Waals surface area contributed by atoms with Crippen LogP contribution in [0.3, 0.4) is 0 Å². The van der Waals surface area contributed by atoms with Crippen LogP contribution in [-0.4, -0.2) is 24.1 Å². The van der Waals surface area contributed by atoms with Crippen molar-refractivity contribution in [3.8, 4) is 0 Å². The van der Waals surface area contributed by atoms with Gasteiger partial charge in [0, 0.05) is 29.0 Å². The summed E-state index contributed by atoms with van der Waals surface area (Å²) in [4.78, 5) is 12.5. The van der Waals surface area contributed by atoms with Gasteiger partial charge in [0.2, 0.25) is 0 Å². The second-order valence-corrected chi connectivity index (χ2v) is 9.71. The quantitative estimate of drug-likeness (QED) is 0.237. The lowest BCUT2D eigenvalue weighted by atomic mass is 9.92. The second kappa shape index (κ2) is 10.4. The van der Waals surface area contributed by atoms with Gasteiger partial charge in [-0.3, -0.25) is 4.79 Å². The molecule has 3 rings (SSSR count). The van der Waals surface area contributed by atoms with Gasteiger partial charge in [-0.15, -0.1) is 11.8 Å². The van der Waals surface area contributed by atoms with E-state index >= 15 is 0 Å². The van der Waals surface area contributed by atoms with Crippen molar-refractivity contribution >= 4 is 17.5 Å². The Hall–Kier alpha value is -1.22. The Morgan fingerprint density at radius 1 is 1.00 bits per heavy atom. The van der Waals surface area contributed by atoms with E-state index in [1.54, 1.807) is 0 Å². The molecule has 2 aliphatic rings. The maximum absolute atomic E-state index is 13.6. The summed E-state index contributed by atoms with van der Waals surface area (Å²) >= 11 is 0.730. The highest BCUT2D eigenvalue weighted by atomic mass is 32.2. The van der Waals surface area contributed by atoms with E-state index in [0.717, 1.165) is 37.4 Å². The number of carbonyl (C=O) groups is 1. The normalized spacial score (nSPS) is 22.6. The van der Waals surface area contributed by atoms with Crippen LogP contribution in [0.2, 0.25) is 0 Å². The number of benzene rings is 1. The fourth-order valence-corrected chi connectivity index (χ4v) is 5.77. The third-order valence-electron chi connectivity index (χ3n) is 6.68. The van der Waals surface area contributed by atoms with Crippen LogP contribution in [0.15, 0.2) is 17.0 Å². The zero-order chi connectivity index (χ0) is 23.5. The minimum atomic E-state index is -5.04. The smallest absolute Gasteiger partial charge is 0.311 e. The minimum absolute atomic E-state index is 0.0610. The zero-order valence-corrected chi connectivity index (χ0v) is 18.9. The number of alkyl halides is 6. The van der Waals surface area contributed by atoms with Crippen LogP contribution in [0.1, 0.15) is 85.7 Å². The number of halogens is 6. The molecule has 2 saturated carbocycles. The Kier molecular flexibility index (Phi) is 8.23. The summed E-state index contributed by atoms with van der Waals surface area (Å²) < 4.78 is 80.0. The van der Waals surface area contributed by atoms with Crippen LogP contribution in [0.5, 0.6) is 0 Å². The molecular weight excluding hydrogens is 452 g/mol. The molecule has 1 aromatic carbocycles. The summed E-state index contributed by atoms with van der Waals surface area (Å²) in [7, 11) is 0. The Balaban J connectivity index is 1.70. The number of ketones is 1. The van der Waals surface area contributed by atoms with Crippen LogP contribution in [0.25, 0.3) is 0 Å². The molecule has 2 atom stereocenters. The van der Waals surface area contributed by atoms with Crippen LogP contribution in [-0.2, 0) is 12.4 Å². The monoisotopic (exact) mass is 481 g/mol. The molecule has 180 valence electrons. The number of rotatable bonds is 8. The van der Waals surface area contributed by atoms with Gasteiger partial charge in [0.15, 0.2) is 5.78 Å². The predicted molar refractivity (Wildman–Crippen MR) is 113 cm³/mol. The van der Waals surface area contributed by atoms with Crippen molar-refractivity contribution in [1.82, 2.24) is 5.32 Å². The van der Waals surface area contributed by atoms with Gasteiger partial charge in [-0.2, -0.15) is 26.3 Å². The summed E-state index contributed by atoms with van der Waals surface area (Å²) in [5.41, 5.74) is -3.52. The summed E-state index contributed by atoms with van der Waals surface area (Å²) in [6, 6.07) is 1.62. The van der Waals surface area contributed by atoms with Crippen molar-refractivity contribution < 1.29 is 31.1 Å². The molecule has 0 bridgehead atoms. The van der Waals surface area contributed by atoms with Gasteiger partial charge in [0.05, 0.1) is 11.1 Å². The van der Waals surface area contributed by atoms with Crippen molar-refractivity contribution in [1.29, 1.82) is 0 Å². The topological polar surface area (TPSA) is 29.1 Å². The standard InChI is InChI=1S/C23H29F6NOS/c1-32-20-13-15(22(24,25)26)12-17(23(27,28)29)21(20)19(31)11-5-7-14-6-4-10-18(14)30-16-8-2-3-9-16/h12-14,16,18,30H,2-11H2,1H3. The van der Waals surface area contributed by atoms with E-state index in [9.17, 15) is 31.1 Å². The van der Waals surface area contributed by atoms with Crippen molar-refractivity contribution in [2.45, 2.75) is 93.5 Å². The molecule has 0 heterocycles.